The van der Waals surface area contributed by atoms with Crippen molar-refractivity contribution in [3.63, 3.8) is 0 Å². The molecule has 1 amide bonds. The normalized spacial score (nSPS) is 21.7. The van der Waals surface area contributed by atoms with Gasteiger partial charge in [0.2, 0.25) is 17.5 Å². The van der Waals surface area contributed by atoms with E-state index in [0.29, 0.717) is 13.0 Å². The third-order valence-electron chi connectivity index (χ3n) is 6.30. The van der Waals surface area contributed by atoms with Crippen LogP contribution in [0.4, 0.5) is 5.69 Å². The SMILES string of the molecule is O=C(O)C1=CN(CC2(c3cccc(N4CCCC4=O)c3)CCCC2)CC(=O)C1=O. The van der Waals surface area contributed by atoms with Crippen LogP contribution in [0.5, 0.6) is 0 Å². The molecule has 2 aliphatic heterocycles. The molecule has 0 radical (unpaired) electrons. The van der Waals surface area contributed by atoms with Crippen molar-refractivity contribution < 1.29 is 24.3 Å². The van der Waals surface area contributed by atoms with Gasteiger partial charge in [-0.1, -0.05) is 25.0 Å². The highest BCUT2D eigenvalue weighted by atomic mass is 16.4. The van der Waals surface area contributed by atoms with E-state index in [9.17, 15) is 24.3 Å². The first-order valence-electron chi connectivity index (χ1n) is 10.1. The fraction of sp³-hybridized carbons (Fsp3) is 0.455. The number of aliphatic carboxylic acids is 1. The molecule has 3 aliphatic rings. The van der Waals surface area contributed by atoms with Gasteiger partial charge in [-0.3, -0.25) is 14.4 Å². The van der Waals surface area contributed by atoms with Gasteiger partial charge in [0.1, 0.15) is 5.57 Å². The summed E-state index contributed by atoms with van der Waals surface area (Å²) >= 11 is 0. The Labute approximate surface area is 169 Å². The van der Waals surface area contributed by atoms with E-state index in [4.69, 9.17) is 0 Å². The lowest BCUT2D eigenvalue weighted by molar-refractivity contribution is -0.141. The van der Waals surface area contributed by atoms with E-state index in [-0.39, 0.29) is 17.9 Å². The van der Waals surface area contributed by atoms with Gasteiger partial charge >= 0.3 is 5.97 Å². The van der Waals surface area contributed by atoms with Crippen LogP contribution in [-0.4, -0.2) is 53.1 Å². The molecule has 1 aromatic carbocycles. The van der Waals surface area contributed by atoms with Gasteiger partial charge in [-0.2, -0.15) is 0 Å². The molecule has 0 unspecified atom stereocenters. The van der Waals surface area contributed by atoms with Crippen LogP contribution in [0.3, 0.4) is 0 Å². The van der Waals surface area contributed by atoms with Crippen LogP contribution in [0.15, 0.2) is 36.0 Å². The van der Waals surface area contributed by atoms with Gasteiger partial charge in [-0.05, 0) is 37.0 Å². The maximum absolute atomic E-state index is 12.2. The molecule has 0 bridgehead atoms. The maximum atomic E-state index is 12.2. The molecule has 1 saturated heterocycles. The fourth-order valence-corrected chi connectivity index (χ4v) is 4.85. The Bertz CT molecular complexity index is 914. The Morgan fingerprint density at radius 1 is 1.10 bits per heavy atom. The van der Waals surface area contributed by atoms with Gasteiger partial charge in [0.15, 0.2) is 0 Å². The van der Waals surface area contributed by atoms with E-state index < -0.39 is 23.1 Å². The number of carboxylic acid groups (broad SMARTS) is 1. The number of hydrogen-bond acceptors (Lipinski definition) is 5. The number of carboxylic acids is 1. The molecule has 1 saturated carbocycles. The second-order valence-electron chi connectivity index (χ2n) is 8.19. The highest BCUT2D eigenvalue weighted by Gasteiger charge is 2.40. The molecule has 0 spiro atoms. The molecule has 1 N–H and O–H groups in total. The van der Waals surface area contributed by atoms with Gasteiger partial charge < -0.3 is 14.9 Å². The summed E-state index contributed by atoms with van der Waals surface area (Å²) in [6.07, 6.45) is 6.67. The third-order valence-corrected chi connectivity index (χ3v) is 6.30. The number of carbonyl (C=O) groups excluding carboxylic acids is 3. The Hall–Kier alpha value is -2.96. The van der Waals surface area contributed by atoms with Gasteiger partial charge in [0.05, 0.1) is 6.54 Å². The second kappa shape index (κ2) is 7.46. The van der Waals surface area contributed by atoms with Crippen LogP contribution in [-0.2, 0) is 24.6 Å². The van der Waals surface area contributed by atoms with Crippen LogP contribution in [0.2, 0.25) is 0 Å². The molecule has 7 nitrogen and oxygen atoms in total. The topological polar surface area (TPSA) is 95.0 Å². The third kappa shape index (κ3) is 3.57. The van der Waals surface area contributed by atoms with Crippen molar-refractivity contribution in [1.82, 2.24) is 4.90 Å². The summed E-state index contributed by atoms with van der Waals surface area (Å²) in [6.45, 7) is 1.10. The van der Waals surface area contributed by atoms with Crippen LogP contribution >= 0.6 is 0 Å². The molecule has 2 heterocycles. The van der Waals surface area contributed by atoms with Crippen molar-refractivity contribution in [1.29, 1.82) is 0 Å². The molecule has 1 aromatic rings. The second-order valence-corrected chi connectivity index (χ2v) is 8.19. The molecule has 29 heavy (non-hydrogen) atoms. The van der Waals surface area contributed by atoms with Crippen molar-refractivity contribution in [3.8, 4) is 0 Å². The predicted molar refractivity (Wildman–Crippen MR) is 105 cm³/mol. The van der Waals surface area contributed by atoms with E-state index >= 15 is 0 Å². The summed E-state index contributed by atoms with van der Waals surface area (Å²) in [5.41, 5.74) is 1.29. The summed E-state index contributed by atoms with van der Waals surface area (Å²) in [7, 11) is 0. The van der Waals surface area contributed by atoms with Crippen LogP contribution in [0, 0.1) is 0 Å². The van der Waals surface area contributed by atoms with Crippen LogP contribution in [0.25, 0.3) is 0 Å². The summed E-state index contributed by atoms with van der Waals surface area (Å²) in [5, 5.41) is 9.26. The van der Waals surface area contributed by atoms with Gasteiger partial charge in [-0.15, -0.1) is 0 Å². The molecule has 152 valence electrons. The first kappa shape index (κ1) is 19.4. The summed E-state index contributed by atoms with van der Waals surface area (Å²) < 4.78 is 0. The number of anilines is 1. The smallest absolute Gasteiger partial charge is 0.341 e. The van der Waals surface area contributed by atoms with Crippen molar-refractivity contribution in [2.24, 2.45) is 0 Å². The minimum absolute atomic E-state index is 0.0956. The van der Waals surface area contributed by atoms with Crippen LogP contribution < -0.4 is 4.90 Å². The lowest BCUT2D eigenvalue weighted by atomic mass is 9.78. The number of rotatable bonds is 5. The van der Waals surface area contributed by atoms with Crippen molar-refractivity contribution in [3.05, 3.63) is 41.6 Å². The van der Waals surface area contributed by atoms with Gasteiger partial charge in [-0.25, -0.2) is 4.79 Å². The number of amides is 1. The zero-order valence-corrected chi connectivity index (χ0v) is 16.2. The minimum atomic E-state index is -1.37. The lowest BCUT2D eigenvalue weighted by Gasteiger charge is -2.37. The Morgan fingerprint density at radius 2 is 1.86 bits per heavy atom. The zero-order chi connectivity index (χ0) is 20.6. The number of hydrogen-bond donors (Lipinski definition) is 1. The fourth-order valence-electron chi connectivity index (χ4n) is 4.85. The number of benzene rings is 1. The molecule has 0 aromatic heterocycles. The van der Waals surface area contributed by atoms with E-state index in [0.717, 1.165) is 49.9 Å². The summed E-state index contributed by atoms with van der Waals surface area (Å²) in [5.74, 6) is -2.85. The van der Waals surface area contributed by atoms with Crippen molar-refractivity contribution >= 4 is 29.1 Å². The zero-order valence-electron chi connectivity index (χ0n) is 16.2. The largest absolute Gasteiger partial charge is 0.477 e. The van der Waals surface area contributed by atoms with Crippen molar-refractivity contribution in [2.45, 2.75) is 43.9 Å². The van der Waals surface area contributed by atoms with E-state index in [1.165, 1.54) is 6.20 Å². The number of nitrogens with zero attached hydrogens (tertiary/aromatic N) is 2. The molecule has 1 aliphatic carbocycles. The molecular weight excluding hydrogens is 372 g/mol. The quantitative estimate of drug-likeness (QED) is 0.605. The maximum Gasteiger partial charge on any atom is 0.341 e. The predicted octanol–water partition coefficient (Wildman–Crippen LogP) is 2.05. The Balaban J connectivity index is 1.65. The Morgan fingerprint density at radius 3 is 2.52 bits per heavy atom. The number of Topliss-reactive ketones (excluding diaryl/α,β-unsaturated/α-hetero) is 2. The first-order valence-corrected chi connectivity index (χ1v) is 10.1. The highest BCUT2D eigenvalue weighted by Crippen LogP contribution is 2.43. The molecule has 0 atom stereocenters. The highest BCUT2D eigenvalue weighted by molar-refractivity contribution is 6.50. The average molecular weight is 396 g/mol. The number of ketones is 2. The monoisotopic (exact) mass is 396 g/mol. The van der Waals surface area contributed by atoms with Gasteiger partial charge in [0, 0.05) is 36.8 Å². The first-order chi connectivity index (χ1) is 13.9. The van der Waals surface area contributed by atoms with Gasteiger partial charge in [0.25, 0.3) is 0 Å². The lowest BCUT2D eigenvalue weighted by Crippen LogP contribution is -2.44. The van der Waals surface area contributed by atoms with E-state index in [1.54, 1.807) is 4.90 Å². The molecule has 2 fully saturated rings. The van der Waals surface area contributed by atoms with E-state index in [2.05, 4.69) is 6.07 Å². The molecule has 4 rings (SSSR count). The molecule has 7 heteroatoms. The van der Waals surface area contributed by atoms with Crippen LogP contribution in [0.1, 0.15) is 44.1 Å². The van der Waals surface area contributed by atoms with Crippen molar-refractivity contribution in [2.75, 3.05) is 24.5 Å². The molecular formula is C22H24N2O5. The number of carbonyl (C=O) groups is 4. The standard InChI is InChI=1S/C22H24N2O5/c25-18-13-23(12-17(20(18)27)21(28)29)14-22(8-1-2-9-22)15-5-3-6-16(11-15)24-10-4-7-19(24)26/h3,5-6,11-12H,1-2,4,7-10,13-14H2,(H,28,29). The summed E-state index contributed by atoms with van der Waals surface area (Å²) in [6, 6.07) is 8.02. The summed E-state index contributed by atoms with van der Waals surface area (Å²) in [4.78, 5) is 50.9. The Kier molecular flexibility index (Phi) is 4.98. The minimum Gasteiger partial charge on any atom is -0.477 e. The average Bonchev–Trinajstić information content (AvgIpc) is 3.34. The van der Waals surface area contributed by atoms with E-state index in [1.807, 2.05) is 23.1 Å².